The maximum absolute atomic E-state index is 14.4. The van der Waals surface area contributed by atoms with Crippen molar-refractivity contribution in [3.63, 3.8) is 0 Å². The van der Waals surface area contributed by atoms with Gasteiger partial charge in [0, 0.05) is 22.1 Å². The molecule has 1 heterocycles. The Hall–Kier alpha value is -2.53. The van der Waals surface area contributed by atoms with Gasteiger partial charge in [0.1, 0.15) is 17.5 Å². The molecule has 0 atom stereocenters. The predicted molar refractivity (Wildman–Crippen MR) is 99.0 cm³/mol. The summed E-state index contributed by atoms with van der Waals surface area (Å²) < 4.78 is 14.4. The van der Waals surface area contributed by atoms with Crippen LogP contribution in [0.1, 0.15) is 24.0 Å². The van der Waals surface area contributed by atoms with Gasteiger partial charge in [-0.1, -0.05) is 23.7 Å². The quantitative estimate of drug-likeness (QED) is 0.605. The van der Waals surface area contributed by atoms with Crippen molar-refractivity contribution >= 4 is 34.7 Å². The van der Waals surface area contributed by atoms with Crippen LogP contribution < -0.4 is 4.90 Å². The number of anilines is 1. The van der Waals surface area contributed by atoms with Crippen LogP contribution in [0.4, 0.5) is 10.1 Å². The van der Waals surface area contributed by atoms with Crippen molar-refractivity contribution in [2.75, 3.05) is 11.4 Å². The molecule has 0 amide bonds. The molecule has 126 valence electrons. The first kappa shape index (κ1) is 16.0. The van der Waals surface area contributed by atoms with Crippen molar-refractivity contribution in [2.45, 2.75) is 12.8 Å². The number of rotatable bonds is 2. The van der Waals surface area contributed by atoms with E-state index < -0.39 is 0 Å². The SMILES string of the molecule is N=C1CN=C(c2ccccc2F)c2cc(Cl)ccc2N1C(=N)C1CC1. The summed E-state index contributed by atoms with van der Waals surface area (Å²) in [5, 5.41) is 17.3. The second kappa shape index (κ2) is 6.08. The van der Waals surface area contributed by atoms with Crippen LogP contribution in [0.25, 0.3) is 0 Å². The van der Waals surface area contributed by atoms with Gasteiger partial charge in [0.25, 0.3) is 0 Å². The fourth-order valence-corrected chi connectivity index (χ4v) is 3.22. The molecular formula is C19H16ClFN4. The molecule has 0 bridgehead atoms. The molecule has 0 saturated heterocycles. The van der Waals surface area contributed by atoms with Crippen LogP contribution in [0.5, 0.6) is 0 Å². The van der Waals surface area contributed by atoms with Gasteiger partial charge in [0.05, 0.1) is 17.9 Å². The molecule has 4 nitrogen and oxygen atoms in total. The van der Waals surface area contributed by atoms with E-state index in [1.165, 1.54) is 6.07 Å². The van der Waals surface area contributed by atoms with Crippen LogP contribution in [0, 0.1) is 22.6 Å². The second-order valence-corrected chi connectivity index (χ2v) is 6.68. The molecule has 0 aromatic heterocycles. The summed E-state index contributed by atoms with van der Waals surface area (Å²) in [6, 6.07) is 11.7. The smallest absolute Gasteiger partial charge is 0.132 e. The minimum atomic E-state index is -0.371. The van der Waals surface area contributed by atoms with Crippen molar-refractivity contribution in [3.8, 4) is 0 Å². The van der Waals surface area contributed by atoms with Gasteiger partial charge in [-0.3, -0.25) is 20.7 Å². The van der Waals surface area contributed by atoms with Gasteiger partial charge >= 0.3 is 0 Å². The minimum absolute atomic E-state index is 0.0884. The Balaban J connectivity index is 1.91. The molecule has 4 rings (SSSR count). The number of hydrogen-bond acceptors (Lipinski definition) is 3. The van der Waals surface area contributed by atoms with E-state index in [0.29, 0.717) is 33.4 Å². The van der Waals surface area contributed by atoms with Crippen LogP contribution in [0.3, 0.4) is 0 Å². The lowest BCUT2D eigenvalue weighted by atomic mass is 9.99. The van der Waals surface area contributed by atoms with Crippen molar-refractivity contribution in [1.82, 2.24) is 0 Å². The van der Waals surface area contributed by atoms with Crippen LogP contribution in [0.15, 0.2) is 47.5 Å². The van der Waals surface area contributed by atoms with Crippen molar-refractivity contribution < 1.29 is 4.39 Å². The molecule has 1 fully saturated rings. The zero-order valence-corrected chi connectivity index (χ0v) is 14.1. The van der Waals surface area contributed by atoms with E-state index in [1.54, 1.807) is 41.3 Å². The highest BCUT2D eigenvalue weighted by Crippen LogP contribution is 2.36. The Bertz CT molecular complexity index is 917. The fourth-order valence-electron chi connectivity index (χ4n) is 3.05. The van der Waals surface area contributed by atoms with Gasteiger partial charge in [-0.05, 0) is 43.2 Å². The summed E-state index contributed by atoms with van der Waals surface area (Å²) in [6.45, 7) is 0.0884. The van der Waals surface area contributed by atoms with Crippen LogP contribution >= 0.6 is 11.6 Å². The Morgan fingerprint density at radius 3 is 2.64 bits per heavy atom. The fraction of sp³-hybridized carbons (Fsp3) is 0.211. The molecule has 2 aromatic rings. The first-order chi connectivity index (χ1) is 12.1. The first-order valence-corrected chi connectivity index (χ1v) is 8.49. The third-order valence-electron chi connectivity index (χ3n) is 4.45. The number of halogens is 2. The summed E-state index contributed by atoms with van der Waals surface area (Å²) in [5.41, 5.74) is 2.14. The molecule has 0 spiro atoms. The Morgan fingerprint density at radius 1 is 1.16 bits per heavy atom. The van der Waals surface area contributed by atoms with Crippen LogP contribution in [-0.4, -0.2) is 23.9 Å². The first-order valence-electron chi connectivity index (χ1n) is 8.11. The number of fused-ring (bicyclic) bond motifs is 1. The van der Waals surface area contributed by atoms with E-state index >= 15 is 0 Å². The maximum Gasteiger partial charge on any atom is 0.132 e. The molecule has 25 heavy (non-hydrogen) atoms. The van der Waals surface area contributed by atoms with Crippen molar-refractivity contribution in [1.29, 1.82) is 10.8 Å². The summed E-state index contributed by atoms with van der Waals surface area (Å²) in [5.74, 6) is 0.425. The lowest BCUT2D eigenvalue weighted by molar-refractivity contribution is 0.625. The summed E-state index contributed by atoms with van der Waals surface area (Å²) in [7, 11) is 0. The maximum atomic E-state index is 14.4. The van der Waals surface area contributed by atoms with E-state index in [9.17, 15) is 4.39 Å². The van der Waals surface area contributed by atoms with Gasteiger partial charge in [-0.25, -0.2) is 4.39 Å². The number of hydrogen-bond donors (Lipinski definition) is 2. The Labute approximate surface area is 150 Å². The summed E-state index contributed by atoms with van der Waals surface area (Å²) in [4.78, 5) is 6.11. The topological polar surface area (TPSA) is 63.3 Å². The molecule has 1 saturated carbocycles. The number of amidine groups is 2. The van der Waals surface area contributed by atoms with E-state index in [0.717, 1.165) is 12.8 Å². The van der Waals surface area contributed by atoms with E-state index in [-0.39, 0.29) is 24.1 Å². The zero-order chi connectivity index (χ0) is 17.6. The van der Waals surface area contributed by atoms with E-state index in [1.807, 2.05) is 0 Å². The highest BCUT2D eigenvalue weighted by atomic mass is 35.5. The third-order valence-corrected chi connectivity index (χ3v) is 4.68. The highest BCUT2D eigenvalue weighted by Gasteiger charge is 2.35. The van der Waals surface area contributed by atoms with Crippen LogP contribution in [0.2, 0.25) is 5.02 Å². The monoisotopic (exact) mass is 354 g/mol. The average Bonchev–Trinajstić information content (AvgIpc) is 3.43. The van der Waals surface area contributed by atoms with Gasteiger partial charge in [0.2, 0.25) is 0 Å². The molecule has 2 aromatic carbocycles. The number of nitrogens with one attached hydrogen (secondary N) is 2. The summed E-state index contributed by atoms with van der Waals surface area (Å²) in [6.07, 6.45) is 1.93. The zero-order valence-electron chi connectivity index (χ0n) is 13.4. The summed E-state index contributed by atoms with van der Waals surface area (Å²) >= 11 is 6.19. The van der Waals surface area contributed by atoms with Gasteiger partial charge in [-0.2, -0.15) is 0 Å². The molecule has 2 aliphatic rings. The molecule has 2 N–H and O–H groups in total. The Kier molecular flexibility index (Phi) is 3.88. The molecular weight excluding hydrogens is 339 g/mol. The molecule has 1 aliphatic carbocycles. The lowest BCUT2D eigenvalue weighted by Crippen LogP contribution is -2.38. The lowest BCUT2D eigenvalue weighted by Gasteiger charge is -2.25. The second-order valence-electron chi connectivity index (χ2n) is 6.25. The molecule has 0 unspecified atom stereocenters. The standard InChI is InChI=1S/C19H16ClFN4/c20-12-7-8-16-14(9-12)18(13-3-1-2-4-15(13)21)24-10-17(22)25(16)19(23)11-5-6-11/h1-4,7-9,11,22-23H,5-6,10H2. The van der Waals surface area contributed by atoms with Gasteiger partial charge in [-0.15, -0.1) is 0 Å². The van der Waals surface area contributed by atoms with Crippen LogP contribution in [-0.2, 0) is 0 Å². The minimum Gasteiger partial charge on any atom is -0.288 e. The highest BCUT2D eigenvalue weighted by molar-refractivity contribution is 6.32. The molecule has 6 heteroatoms. The number of aliphatic imine (C=N–C) groups is 1. The normalized spacial score (nSPS) is 17.0. The Morgan fingerprint density at radius 2 is 1.92 bits per heavy atom. The average molecular weight is 355 g/mol. The molecule has 0 radical (unpaired) electrons. The number of benzodiazepines with no additional fused rings is 1. The van der Waals surface area contributed by atoms with E-state index in [4.69, 9.17) is 22.4 Å². The third kappa shape index (κ3) is 2.85. The van der Waals surface area contributed by atoms with Crippen molar-refractivity contribution in [2.24, 2.45) is 10.9 Å². The largest absolute Gasteiger partial charge is 0.288 e. The molecule has 1 aliphatic heterocycles. The van der Waals surface area contributed by atoms with E-state index in [2.05, 4.69) is 4.99 Å². The number of nitrogens with zero attached hydrogens (tertiary/aromatic N) is 2. The van der Waals surface area contributed by atoms with Gasteiger partial charge < -0.3 is 0 Å². The number of benzene rings is 2. The van der Waals surface area contributed by atoms with Gasteiger partial charge in [0.15, 0.2) is 0 Å². The van der Waals surface area contributed by atoms with Crippen molar-refractivity contribution in [3.05, 3.63) is 64.4 Å². The predicted octanol–water partition coefficient (Wildman–Crippen LogP) is 4.50.